The molecule has 186 valence electrons. The van der Waals surface area contributed by atoms with Crippen LogP contribution in [0.4, 0.5) is 0 Å². The summed E-state index contributed by atoms with van der Waals surface area (Å²) in [5.74, 6) is -0.834. The molecule has 3 amide bonds. The van der Waals surface area contributed by atoms with Crippen molar-refractivity contribution < 1.29 is 19.5 Å². The van der Waals surface area contributed by atoms with Crippen LogP contribution in [0.25, 0.3) is 0 Å². The lowest BCUT2D eigenvalue weighted by atomic mass is 9.70. The molecule has 2 unspecified atom stereocenters. The molecular weight excluding hydrogens is 438 g/mol. The third-order valence-electron chi connectivity index (χ3n) is 8.14. The Balaban J connectivity index is 1.67. The molecule has 3 aliphatic heterocycles. The van der Waals surface area contributed by atoms with Crippen LogP contribution in [0.3, 0.4) is 0 Å². The first-order chi connectivity index (χ1) is 15.8. The summed E-state index contributed by atoms with van der Waals surface area (Å²) in [6, 6.07) is -0.867. The van der Waals surface area contributed by atoms with Crippen LogP contribution in [0.2, 0.25) is 0 Å². The number of likely N-dealkylation sites (tertiary alicyclic amines) is 1. The van der Waals surface area contributed by atoms with Crippen LogP contribution in [0, 0.1) is 17.8 Å². The molecule has 2 bridgehead atoms. The van der Waals surface area contributed by atoms with Crippen LogP contribution in [0.15, 0.2) is 0 Å². The van der Waals surface area contributed by atoms with Gasteiger partial charge in [-0.05, 0) is 44.4 Å². The molecule has 6 atom stereocenters. The number of hydrogen-bond acceptors (Lipinski definition) is 5. The summed E-state index contributed by atoms with van der Waals surface area (Å²) in [5, 5.41) is 16.7. The highest BCUT2D eigenvalue weighted by Crippen LogP contribution is 2.66. The second-order valence-corrected chi connectivity index (χ2v) is 12.5. The number of nitrogens with zero attached hydrogens (tertiary/aromatic N) is 1. The van der Waals surface area contributed by atoms with Gasteiger partial charge in [0.15, 0.2) is 0 Å². The van der Waals surface area contributed by atoms with Gasteiger partial charge in [-0.15, -0.1) is 11.8 Å². The summed E-state index contributed by atoms with van der Waals surface area (Å²) < 4.78 is -0.570. The Morgan fingerprint density at radius 3 is 2.55 bits per heavy atom. The molecule has 8 heteroatoms. The standard InChI is InChI=1S/C25H41N3O4S/c1-4-12-26-22(30)19-18-10-11-25(33-18)20(19)24(32)28(17(14-29)13-15(2)3)21(25)23(31)27-16-8-6-5-7-9-16/h15-21,29H,4-14H2,1-3H3,(H,26,30)(H,27,31)/t17-,18+,19-,20+,21?,25?/m1/s1. The second-order valence-electron chi connectivity index (χ2n) is 10.9. The first kappa shape index (κ1) is 24.8. The fourth-order valence-electron chi connectivity index (χ4n) is 6.80. The van der Waals surface area contributed by atoms with E-state index in [0.717, 1.165) is 44.9 Å². The molecule has 3 N–H and O–H groups in total. The molecule has 1 spiro atoms. The number of nitrogens with one attached hydrogen (secondary N) is 2. The molecule has 0 aromatic rings. The Kier molecular flexibility index (Phi) is 7.63. The maximum atomic E-state index is 14.0. The van der Waals surface area contributed by atoms with E-state index < -0.39 is 28.7 Å². The fraction of sp³-hybridized carbons (Fsp3) is 0.880. The van der Waals surface area contributed by atoms with Gasteiger partial charge >= 0.3 is 0 Å². The number of carbonyl (C=O) groups is 3. The number of carbonyl (C=O) groups excluding carboxylic acids is 3. The summed E-state index contributed by atoms with van der Waals surface area (Å²) in [4.78, 5) is 42.7. The summed E-state index contributed by atoms with van der Waals surface area (Å²) in [7, 11) is 0. The Labute approximate surface area is 202 Å². The highest BCUT2D eigenvalue weighted by molar-refractivity contribution is 8.02. The van der Waals surface area contributed by atoms with Crippen LogP contribution in [-0.4, -0.2) is 69.0 Å². The highest BCUT2D eigenvalue weighted by atomic mass is 32.2. The molecule has 33 heavy (non-hydrogen) atoms. The predicted molar refractivity (Wildman–Crippen MR) is 130 cm³/mol. The summed E-state index contributed by atoms with van der Waals surface area (Å²) in [5.41, 5.74) is 0. The van der Waals surface area contributed by atoms with E-state index in [4.69, 9.17) is 0 Å². The van der Waals surface area contributed by atoms with Crippen molar-refractivity contribution in [1.82, 2.24) is 15.5 Å². The highest BCUT2D eigenvalue weighted by Gasteiger charge is 2.74. The van der Waals surface area contributed by atoms with Crippen molar-refractivity contribution in [3.8, 4) is 0 Å². The van der Waals surface area contributed by atoms with E-state index in [-0.39, 0.29) is 41.5 Å². The zero-order chi connectivity index (χ0) is 23.8. The predicted octanol–water partition coefficient (Wildman–Crippen LogP) is 2.46. The molecular formula is C25H41N3O4S. The van der Waals surface area contributed by atoms with E-state index in [1.165, 1.54) is 6.42 Å². The molecule has 4 rings (SSSR count). The summed E-state index contributed by atoms with van der Waals surface area (Å²) in [6.45, 7) is 6.59. The first-order valence-electron chi connectivity index (χ1n) is 13.0. The minimum absolute atomic E-state index is 0.0491. The van der Waals surface area contributed by atoms with Gasteiger partial charge in [0.05, 0.1) is 29.2 Å². The number of aliphatic hydroxyl groups excluding tert-OH is 1. The van der Waals surface area contributed by atoms with Crippen molar-refractivity contribution in [3.05, 3.63) is 0 Å². The number of thioether (sulfide) groups is 1. The Morgan fingerprint density at radius 2 is 1.91 bits per heavy atom. The molecule has 3 heterocycles. The number of rotatable bonds is 9. The molecule has 3 saturated heterocycles. The summed E-state index contributed by atoms with van der Waals surface area (Å²) in [6.07, 6.45) is 8.53. The van der Waals surface area contributed by atoms with Crippen LogP contribution in [-0.2, 0) is 14.4 Å². The topological polar surface area (TPSA) is 98.7 Å². The molecule has 1 aliphatic carbocycles. The van der Waals surface area contributed by atoms with E-state index >= 15 is 0 Å². The first-order valence-corrected chi connectivity index (χ1v) is 13.9. The van der Waals surface area contributed by atoms with Gasteiger partial charge in [0.1, 0.15) is 6.04 Å². The number of amides is 3. The van der Waals surface area contributed by atoms with Crippen molar-refractivity contribution in [1.29, 1.82) is 0 Å². The lowest BCUT2D eigenvalue weighted by Crippen LogP contribution is -2.58. The smallest absolute Gasteiger partial charge is 0.244 e. The van der Waals surface area contributed by atoms with Gasteiger partial charge in [-0.1, -0.05) is 40.0 Å². The van der Waals surface area contributed by atoms with E-state index in [9.17, 15) is 19.5 Å². The molecule has 0 aromatic heterocycles. The van der Waals surface area contributed by atoms with Gasteiger partial charge in [-0.2, -0.15) is 0 Å². The minimum atomic E-state index is -0.619. The Hall–Kier alpha value is -1.28. The number of fused-ring (bicyclic) bond motifs is 1. The number of hydrogen-bond donors (Lipinski definition) is 3. The lowest BCUT2D eigenvalue weighted by Gasteiger charge is -2.38. The van der Waals surface area contributed by atoms with Crippen LogP contribution in [0.1, 0.15) is 78.6 Å². The monoisotopic (exact) mass is 479 g/mol. The average molecular weight is 480 g/mol. The van der Waals surface area contributed by atoms with Crippen molar-refractivity contribution in [2.45, 2.75) is 107 Å². The Morgan fingerprint density at radius 1 is 1.18 bits per heavy atom. The average Bonchev–Trinajstić information content (AvgIpc) is 3.43. The third-order valence-corrected chi connectivity index (χ3v) is 10.1. The third kappa shape index (κ3) is 4.42. The van der Waals surface area contributed by atoms with Crippen molar-refractivity contribution >= 4 is 29.5 Å². The maximum absolute atomic E-state index is 14.0. The van der Waals surface area contributed by atoms with Crippen molar-refractivity contribution in [2.75, 3.05) is 13.2 Å². The van der Waals surface area contributed by atoms with E-state index in [1.807, 2.05) is 6.92 Å². The van der Waals surface area contributed by atoms with Gasteiger partial charge in [-0.25, -0.2) is 0 Å². The zero-order valence-corrected chi connectivity index (χ0v) is 21.2. The normalized spacial score (nSPS) is 34.6. The fourth-order valence-corrected chi connectivity index (χ4v) is 9.00. The summed E-state index contributed by atoms with van der Waals surface area (Å²) >= 11 is 1.71. The van der Waals surface area contributed by atoms with Gasteiger partial charge in [-0.3, -0.25) is 14.4 Å². The Bertz CT molecular complexity index is 756. The molecule has 4 aliphatic rings. The van der Waals surface area contributed by atoms with Gasteiger partial charge < -0.3 is 20.6 Å². The van der Waals surface area contributed by atoms with Crippen molar-refractivity contribution in [2.24, 2.45) is 17.8 Å². The quantitative estimate of drug-likeness (QED) is 0.472. The van der Waals surface area contributed by atoms with E-state index in [2.05, 4.69) is 24.5 Å². The maximum Gasteiger partial charge on any atom is 0.244 e. The SMILES string of the molecule is CCCNC(=O)[C@@H]1[C@@H]2CCC3(S2)C(C(=O)NC2CCCCC2)N([C@@H](CO)CC(C)C)C(=O)[C@H]13. The van der Waals surface area contributed by atoms with E-state index in [1.54, 1.807) is 16.7 Å². The van der Waals surface area contributed by atoms with E-state index in [0.29, 0.717) is 13.0 Å². The van der Waals surface area contributed by atoms with Crippen LogP contribution in [0.5, 0.6) is 0 Å². The van der Waals surface area contributed by atoms with Gasteiger partial charge in [0, 0.05) is 17.8 Å². The number of aliphatic hydroxyl groups is 1. The lowest BCUT2D eigenvalue weighted by molar-refractivity contribution is -0.143. The van der Waals surface area contributed by atoms with Gasteiger partial charge in [0.25, 0.3) is 0 Å². The molecule has 4 fully saturated rings. The largest absolute Gasteiger partial charge is 0.394 e. The minimum Gasteiger partial charge on any atom is -0.394 e. The van der Waals surface area contributed by atoms with Crippen LogP contribution < -0.4 is 10.6 Å². The zero-order valence-electron chi connectivity index (χ0n) is 20.3. The molecule has 1 saturated carbocycles. The second kappa shape index (κ2) is 10.1. The van der Waals surface area contributed by atoms with Crippen LogP contribution >= 0.6 is 11.8 Å². The molecule has 7 nitrogen and oxygen atoms in total. The van der Waals surface area contributed by atoms with Crippen molar-refractivity contribution in [3.63, 3.8) is 0 Å². The molecule has 0 aromatic carbocycles. The van der Waals surface area contributed by atoms with Gasteiger partial charge in [0.2, 0.25) is 17.7 Å². The molecule has 0 radical (unpaired) electrons.